The van der Waals surface area contributed by atoms with Gasteiger partial charge in [0, 0.05) is 5.56 Å². The average molecular weight is 362 g/mol. The van der Waals surface area contributed by atoms with Crippen LogP contribution in [0.2, 0.25) is 0 Å². The minimum absolute atomic E-state index is 0.0161. The first-order chi connectivity index (χ1) is 11.8. The fourth-order valence-corrected chi connectivity index (χ4v) is 2.89. The molecule has 10 heteroatoms. The van der Waals surface area contributed by atoms with Gasteiger partial charge in [-0.05, 0) is 24.3 Å². The normalized spacial score (nSPS) is 9.96. The van der Waals surface area contributed by atoms with Crippen molar-refractivity contribution < 1.29 is 23.9 Å². The van der Waals surface area contributed by atoms with Gasteiger partial charge < -0.3 is 21.5 Å². The summed E-state index contributed by atoms with van der Waals surface area (Å²) in [6.07, 6.45) is 0. The van der Waals surface area contributed by atoms with Gasteiger partial charge in [-0.1, -0.05) is 17.4 Å². The number of nitrogens with one attached hydrogen (secondary N) is 2. The highest BCUT2D eigenvalue weighted by Gasteiger charge is 2.17. The molecule has 25 heavy (non-hydrogen) atoms. The van der Waals surface area contributed by atoms with Crippen molar-refractivity contribution >= 4 is 45.2 Å². The number of urea groups is 1. The summed E-state index contributed by atoms with van der Waals surface area (Å²) in [6.45, 7) is 0. The number of methoxy groups -OCH3 is 1. The van der Waals surface area contributed by atoms with Crippen molar-refractivity contribution in [2.75, 3.05) is 17.7 Å². The number of ether oxygens (including phenoxy) is 1. The number of benzene rings is 1. The van der Waals surface area contributed by atoms with Crippen LogP contribution >= 0.6 is 11.3 Å². The van der Waals surface area contributed by atoms with Gasteiger partial charge in [0.05, 0.1) is 23.2 Å². The molecule has 6 N–H and O–H groups in total. The van der Waals surface area contributed by atoms with Crippen LogP contribution in [0.15, 0.2) is 30.3 Å². The third kappa shape index (κ3) is 4.32. The molecule has 9 nitrogen and oxygen atoms in total. The Hall–Kier alpha value is -3.40. The summed E-state index contributed by atoms with van der Waals surface area (Å²) < 4.78 is 4.60. The van der Waals surface area contributed by atoms with Gasteiger partial charge in [-0.2, -0.15) is 0 Å². The van der Waals surface area contributed by atoms with E-state index < -0.39 is 23.8 Å². The van der Waals surface area contributed by atoms with Gasteiger partial charge in [-0.15, -0.1) is 0 Å². The molecule has 1 heterocycles. The zero-order valence-corrected chi connectivity index (χ0v) is 13.8. The van der Waals surface area contributed by atoms with Crippen molar-refractivity contribution in [3.05, 3.63) is 47.0 Å². The number of carbonyl (C=O) groups excluding carboxylic acids is 4. The maximum atomic E-state index is 12.3. The second-order valence-electron chi connectivity index (χ2n) is 4.73. The Morgan fingerprint density at radius 3 is 2.32 bits per heavy atom. The Bertz CT molecular complexity index is 861. The first kappa shape index (κ1) is 17.9. The second-order valence-corrected chi connectivity index (χ2v) is 5.79. The molecule has 1 aromatic carbocycles. The van der Waals surface area contributed by atoms with Gasteiger partial charge >= 0.3 is 12.0 Å². The van der Waals surface area contributed by atoms with E-state index in [1.165, 1.54) is 37.4 Å². The van der Waals surface area contributed by atoms with Crippen molar-refractivity contribution in [1.82, 2.24) is 0 Å². The fourth-order valence-electron chi connectivity index (χ4n) is 1.93. The molecule has 0 unspecified atom stereocenters. The molecule has 2 rings (SSSR count). The molecular formula is C15H14N4O5S. The molecule has 4 amide bonds. The summed E-state index contributed by atoms with van der Waals surface area (Å²) in [5, 5.41) is 5.22. The SMILES string of the molecule is COC(=O)c1cccc(C(=O)Nc2cc(C(N)=O)c(NC(N)=O)s2)c1. The number of nitrogens with two attached hydrogens (primary N) is 2. The van der Waals surface area contributed by atoms with Crippen LogP contribution in [-0.4, -0.2) is 30.9 Å². The van der Waals surface area contributed by atoms with E-state index in [1.807, 2.05) is 0 Å². The fraction of sp³-hybridized carbons (Fsp3) is 0.0667. The maximum Gasteiger partial charge on any atom is 0.337 e. The van der Waals surface area contributed by atoms with E-state index >= 15 is 0 Å². The number of rotatable bonds is 5. The summed E-state index contributed by atoms with van der Waals surface area (Å²) in [5.74, 6) is -1.88. The standard InChI is InChI=1S/C15H14N4O5S/c1-24-14(22)8-4-2-3-7(5-8)12(21)18-10-6-9(11(16)20)13(25-10)19-15(17)23/h2-6H,1H3,(H2,16,20)(H,18,21)(H3,17,19,23). The van der Waals surface area contributed by atoms with Crippen LogP contribution in [0.5, 0.6) is 0 Å². The molecule has 0 aliphatic heterocycles. The van der Waals surface area contributed by atoms with Crippen molar-refractivity contribution in [2.24, 2.45) is 11.5 Å². The molecular weight excluding hydrogens is 348 g/mol. The highest BCUT2D eigenvalue weighted by atomic mass is 32.1. The number of hydrogen-bond donors (Lipinski definition) is 4. The molecule has 0 aliphatic carbocycles. The van der Waals surface area contributed by atoms with Gasteiger partial charge in [0.25, 0.3) is 11.8 Å². The third-order valence-electron chi connectivity index (χ3n) is 3.02. The largest absolute Gasteiger partial charge is 0.465 e. The van der Waals surface area contributed by atoms with Crippen LogP contribution in [0, 0.1) is 0 Å². The molecule has 0 saturated carbocycles. The quantitative estimate of drug-likeness (QED) is 0.592. The minimum Gasteiger partial charge on any atom is -0.465 e. The lowest BCUT2D eigenvalue weighted by Crippen LogP contribution is -2.21. The monoisotopic (exact) mass is 362 g/mol. The lowest BCUT2D eigenvalue weighted by molar-refractivity contribution is 0.0600. The number of amides is 4. The van der Waals surface area contributed by atoms with Gasteiger partial charge in [-0.25, -0.2) is 9.59 Å². The zero-order valence-electron chi connectivity index (χ0n) is 13.0. The van der Waals surface area contributed by atoms with Crippen LogP contribution in [-0.2, 0) is 4.74 Å². The van der Waals surface area contributed by atoms with Gasteiger partial charge in [0.1, 0.15) is 5.00 Å². The number of esters is 1. The van der Waals surface area contributed by atoms with Crippen molar-refractivity contribution in [3.8, 4) is 0 Å². The summed E-state index contributed by atoms with van der Waals surface area (Å²) in [5.41, 5.74) is 10.7. The van der Waals surface area contributed by atoms with Crippen LogP contribution in [0.25, 0.3) is 0 Å². The van der Waals surface area contributed by atoms with Gasteiger partial charge in [0.15, 0.2) is 0 Å². The topological polar surface area (TPSA) is 154 Å². The summed E-state index contributed by atoms with van der Waals surface area (Å²) >= 11 is 0.918. The van der Waals surface area contributed by atoms with Crippen molar-refractivity contribution in [3.63, 3.8) is 0 Å². The lowest BCUT2D eigenvalue weighted by atomic mass is 10.1. The molecule has 1 aromatic heterocycles. The number of primary amides is 2. The van der Waals surface area contributed by atoms with Crippen molar-refractivity contribution in [1.29, 1.82) is 0 Å². The van der Waals surface area contributed by atoms with Gasteiger partial charge in [-0.3, -0.25) is 14.9 Å². The average Bonchev–Trinajstić information content (AvgIpc) is 2.96. The van der Waals surface area contributed by atoms with Crippen LogP contribution < -0.4 is 22.1 Å². The molecule has 0 bridgehead atoms. The molecule has 0 fully saturated rings. The zero-order chi connectivity index (χ0) is 18.6. The highest BCUT2D eigenvalue weighted by Crippen LogP contribution is 2.32. The number of carbonyl (C=O) groups is 4. The summed E-state index contributed by atoms with van der Waals surface area (Å²) in [6, 6.07) is 6.37. The third-order valence-corrected chi connectivity index (χ3v) is 3.98. The first-order valence-corrected chi connectivity index (χ1v) is 7.63. The maximum absolute atomic E-state index is 12.3. The lowest BCUT2D eigenvalue weighted by Gasteiger charge is -2.04. The Morgan fingerprint density at radius 2 is 1.72 bits per heavy atom. The van der Waals surface area contributed by atoms with E-state index in [0.29, 0.717) is 0 Å². The molecule has 0 atom stereocenters. The Morgan fingerprint density at radius 1 is 1.04 bits per heavy atom. The summed E-state index contributed by atoms with van der Waals surface area (Å²) in [4.78, 5) is 46.2. The molecule has 2 aromatic rings. The molecule has 0 saturated heterocycles. The summed E-state index contributed by atoms with van der Waals surface area (Å²) in [7, 11) is 1.24. The Balaban J connectivity index is 2.24. The first-order valence-electron chi connectivity index (χ1n) is 6.81. The predicted molar refractivity (Wildman–Crippen MR) is 91.8 cm³/mol. The molecule has 0 spiro atoms. The Kier molecular flexibility index (Phi) is 5.35. The van der Waals surface area contributed by atoms with E-state index in [4.69, 9.17) is 11.5 Å². The molecule has 0 aliphatic rings. The van der Waals surface area contributed by atoms with E-state index in [2.05, 4.69) is 15.4 Å². The van der Waals surface area contributed by atoms with E-state index in [9.17, 15) is 19.2 Å². The van der Waals surface area contributed by atoms with Crippen molar-refractivity contribution in [2.45, 2.75) is 0 Å². The molecule has 0 radical (unpaired) electrons. The van der Waals surface area contributed by atoms with E-state index in [1.54, 1.807) is 0 Å². The second kappa shape index (κ2) is 7.45. The number of hydrogen-bond acceptors (Lipinski definition) is 6. The molecule has 130 valence electrons. The predicted octanol–water partition coefficient (Wildman–Crippen LogP) is 1.38. The van der Waals surface area contributed by atoms with Crippen LogP contribution in [0.1, 0.15) is 31.1 Å². The highest BCUT2D eigenvalue weighted by molar-refractivity contribution is 7.20. The van der Waals surface area contributed by atoms with E-state index in [0.717, 1.165) is 11.3 Å². The number of thiophene rings is 1. The van der Waals surface area contributed by atoms with Crippen LogP contribution in [0.4, 0.5) is 14.8 Å². The smallest absolute Gasteiger partial charge is 0.337 e. The Labute approximate surface area is 145 Å². The minimum atomic E-state index is -0.868. The van der Waals surface area contributed by atoms with E-state index in [-0.39, 0.29) is 26.7 Å². The number of anilines is 2. The van der Waals surface area contributed by atoms with Crippen LogP contribution in [0.3, 0.4) is 0 Å². The van der Waals surface area contributed by atoms with Gasteiger partial charge in [0.2, 0.25) is 0 Å².